The van der Waals surface area contributed by atoms with Gasteiger partial charge in [-0.2, -0.15) is 0 Å². The number of fused-ring (bicyclic) bond motifs is 1. The predicted molar refractivity (Wildman–Crippen MR) is 101 cm³/mol. The summed E-state index contributed by atoms with van der Waals surface area (Å²) in [5.74, 6) is 0.420. The topological polar surface area (TPSA) is 67.6 Å². The number of carboxylic acids is 1. The maximum absolute atomic E-state index is 11.4. The van der Waals surface area contributed by atoms with Crippen LogP contribution in [0.4, 0.5) is 0 Å². The summed E-state index contributed by atoms with van der Waals surface area (Å²) in [7, 11) is 4.06. The highest BCUT2D eigenvalue weighted by atomic mass is 16.5. The second-order valence-corrected chi connectivity index (χ2v) is 6.41. The summed E-state index contributed by atoms with van der Waals surface area (Å²) in [6.45, 7) is 1.39. The van der Waals surface area contributed by atoms with Gasteiger partial charge in [0.2, 0.25) is 0 Å². The maximum atomic E-state index is 11.4. The lowest BCUT2D eigenvalue weighted by Gasteiger charge is -2.14. The number of benzene rings is 2. The zero-order valence-electron chi connectivity index (χ0n) is 15.1. The van der Waals surface area contributed by atoms with Crippen LogP contribution in [0, 0.1) is 0 Å². The lowest BCUT2D eigenvalue weighted by Crippen LogP contribution is -2.15. The number of carboxylic acid groups (broad SMARTS) is 1. The van der Waals surface area contributed by atoms with Gasteiger partial charge >= 0.3 is 5.97 Å². The summed E-state index contributed by atoms with van der Waals surface area (Å²) in [6, 6.07) is 15.2. The molecule has 0 unspecified atom stereocenters. The molecule has 0 bridgehead atoms. The number of imidazole rings is 1. The van der Waals surface area contributed by atoms with E-state index in [1.807, 2.05) is 62.6 Å². The summed E-state index contributed by atoms with van der Waals surface area (Å²) >= 11 is 0. The number of rotatable bonds is 8. The molecule has 6 heteroatoms. The van der Waals surface area contributed by atoms with Crippen molar-refractivity contribution in [3.63, 3.8) is 0 Å². The Bertz CT molecular complexity index is 902. The molecule has 0 atom stereocenters. The molecule has 0 amide bonds. The van der Waals surface area contributed by atoms with Crippen molar-refractivity contribution in [3.8, 4) is 17.1 Å². The van der Waals surface area contributed by atoms with Crippen molar-refractivity contribution in [1.29, 1.82) is 0 Å². The number of nitrogens with zero attached hydrogens (tertiary/aromatic N) is 3. The quantitative estimate of drug-likeness (QED) is 0.630. The van der Waals surface area contributed by atoms with Crippen LogP contribution in [-0.4, -0.2) is 52.8 Å². The van der Waals surface area contributed by atoms with E-state index < -0.39 is 5.97 Å². The van der Waals surface area contributed by atoms with Gasteiger partial charge in [-0.15, -0.1) is 0 Å². The van der Waals surface area contributed by atoms with Crippen molar-refractivity contribution >= 4 is 17.0 Å². The fourth-order valence-corrected chi connectivity index (χ4v) is 2.92. The standard InChI is InChI=1S/C20H23N3O3/c1-22(2)12-7-13-26-18-11-6-3-8-15(18)20-21-16-9-4-5-10-17(16)23(20)14-19(24)25/h3-6,8-11H,7,12-14H2,1-2H3,(H,24,25). The number of aromatic nitrogens is 2. The predicted octanol–water partition coefficient (Wildman–Crippen LogP) is 3.12. The van der Waals surface area contributed by atoms with E-state index >= 15 is 0 Å². The minimum atomic E-state index is -0.904. The molecule has 0 radical (unpaired) electrons. The van der Waals surface area contributed by atoms with E-state index in [9.17, 15) is 9.90 Å². The zero-order chi connectivity index (χ0) is 18.5. The molecule has 0 aliphatic rings. The van der Waals surface area contributed by atoms with Gasteiger partial charge in [-0.05, 0) is 44.8 Å². The van der Waals surface area contributed by atoms with E-state index in [-0.39, 0.29) is 6.54 Å². The second kappa shape index (κ2) is 8.01. The first-order valence-corrected chi connectivity index (χ1v) is 8.60. The Morgan fingerprint density at radius 3 is 2.65 bits per heavy atom. The lowest BCUT2D eigenvalue weighted by atomic mass is 10.2. The first-order chi connectivity index (χ1) is 12.6. The lowest BCUT2D eigenvalue weighted by molar-refractivity contribution is -0.137. The number of hydrogen-bond acceptors (Lipinski definition) is 4. The van der Waals surface area contributed by atoms with Crippen LogP contribution in [0.2, 0.25) is 0 Å². The van der Waals surface area contributed by atoms with Crippen molar-refractivity contribution in [1.82, 2.24) is 14.5 Å². The van der Waals surface area contributed by atoms with Crippen LogP contribution >= 0.6 is 0 Å². The molecule has 26 heavy (non-hydrogen) atoms. The molecule has 2 aromatic carbocycles. The largest absolute Gasteiger partial charge is 0.493 e. The van der Waals surface area contributed by atoms with Gasteiger partial charge in [0.1, 0.15) is 18.1 Å². The first-order valence-electron chi connectivity index (χ1n) is 8.60. The molecule has 6 nitrogen and oxygen atoms in total. The Kier molecular flexibility index (Phi) is 5.53. The van der Waals surface area contributed by atoms with E-state index in [2.05, 4.69) is 9.88 Å². The van der Waals surface area contributed by atoms with Crippen LogP contribution in [0.25, 0.3) is 22.4 Å². The highest BCUT2D eigenvalue weighted by molar-refractivity contribution is 5.83. The van der Waals surface area contributed by atoms with Crippen LogP contribution in [0.1, 0.15) is 6.42 Å². The normalized spacial score (nSPS) is 11.2. The van der Waals surface area contributed by atoms with Gasteiger partial charge in [-0.3, -0.25) is 4.79 Å². The van der Waals surface area contributed by atoms with Gasteiger partial charge in [0.25, 0.3) is 0 Å². The van der Waals surface area contributed by atoms with E-state index in [0.29, 0.717) is 18.2 Å². The summed E-state index contributed by atoms with van der Waals surface area (Å²) in [6.07, 6.45) is 0.910. The third-order valence-electron chi connectivity index (χ3n) is 4.08. The molecule has 136 valence electrons. The Balaban J connectivity index is 1.97. The van der Waals surface area contributed by atoms with Crippen LogP contribution in [0.15, 0.2) is 48.5 Å². The van der Waals surface area contributed by atoms with E-state index in [0.717, 1.165) is 29.6 Å². The van der Waals surface area contributed by atoms with Gasteiger partial charge < -0.3 is 19.3 Å². The first kappa shape index (κ1) is 17.9. The highest BCUT2D eigenvalue weighted by Gasteiger charge is 2.17. The summed E-state index contributed by atoms with van der Waals surface area (Å²) in [4.78, 5) is 18.1. The van der Waals surface area contributed by atoms with Crippen LogP contribution in [-0.2, 0) is 11.3 Å². The molecule has 1 aromatic heterocycles. The Morgan fingerprint density at radius 2 is 1.88 bits per heavy atom. The van der Waals surface area contributed by atoms with Crippen molar-refractivity contribution in [2.75, 3.05) is 27.2 Å². The maximum Gasteiger partial charge on any atom is 0.323 e. The Morgan fingerprint density at radius 1 is 1.15 bits per heavy atom. The van der Waals surface area contributed by atoms with E-state index in [4.69, 9.17) is 4.74 Å². The highest BCUT2D eigenvalue weighted by Crippen LogP contribution is 2.32. The van der Waals surface area contributed by atoms with Crippen molar-refractivity contribution in [2.45, 2.75) is 13.0 Å². The molecular weight excluding hydrogens is 330 g/mol. The third-order valence-corrected chi connectivity index (χ3v) is 4.08. The molecular formula is C20H23N3O3. The van der Waals surface area contributed by atoms with Crippen molar-refractivity contribution < 1.29 is 14.6 Å². The van der Waals surface area contributed by atoms with Gasteiger partial charge in [0, 0.05) is 6.54 Å². The van der Waals surface area contributed by atoms with Gasteiger partial charge in [0.15, 0.2) is 0 Å². The Hall–Kier alpha value is -2.86. The number of para-hydroxylation sites is 3. The van der Waals surface area contributed by atoms with E-state index in [1.54, 1.807) is 4.57 Å². The fourth-order valence-electron chi connectivity index (χ4n) is 2.92. The number of hydrogen-bond donors (Lipinski definition) is 1. The number of aliphatic carboxylic acids is 1. The molecule has 0 saturated carbocycles. The van der Waals surface area contributed by atoms with Gasteiger partial charge in [0.05, 0.1) is 23.2 Å². The minimum absolute atomic E-state index is 0.148. The third kappa shape index (κ3) is 4.03. The molecule has 1 heterocycles. The van der Waals surface area contributed by atoms with Crippen LogP contribution in [0.5, 0.6) is 5.75 Å². The van der Waals surface area contributed by atoms with Gasteiger partial charge in [-0.1, -0.05) is 24.3 Å². The summed E-state index contributed by atoms with van der Waals surface area (Å²) in [5.41, 5.74) is 2.37. The summed E-state index contributed by atoms with van der Waals surface area (Å²) in [5, 5.41) is 9.33. The molecule has 3 rings (SSSR count). The number of ether oxygens (including phenoxy) is 1. The molecule has 0 fully saturated rings. The smallest absolute Gasteiger partial charge is 0.323 e. The second-order valence-electron chi connectivity index (χ2n) is 6.41. The zero-order valence-corrected chi connectivity index (χ0v) is 15.1. The SMILES string of the molecule is CN(C)CCCOc1ccccc1-c1nc2ccccc2n1CC(=O)O. The molecule has 0 saturated heterocycles. The van der Waals surface area contributed by atoms with Crippen LogP contribution in [0.3, 0.4) is 0 Å². The summed E-state index contributed by atoms with van der Waals surface area (Å²) < 4.78 is 7.69. The molecule has 0 aliphatic carbocycles. The molecule has 0 aliphatic heterocycles. The molecule has 0 spiro atoms. The average molecular weight is 353 g/mol. The average Bonchev–Trinajstić information content (AvgIpc) is 2.97. The molecule has 1 N–H and O–H groups in total. The Labute approximate surface area is 152 Å². The van der Waals surface area contributed by atoms with E-state index in [1.165, 1.54) is 0 Å². The van der Waals surface area contributed by atoms with Crippen molar-refractivity contribution in [3.05, 3.63) is 48.5 Å². The number of carbonyl (C=O) groups is 1. The molecule has 3 aromatic rings. The van der Waals surface area contributed by atoms with Crippen molar-refractivity contribution in [2.24, 2.45) is 0 Å². The fraction of sp³-hybridized carbons (Fsp3) is 0.300. The monoisotopic (exact) mass is 353 g/mol. The van der Waals surface area contributed by atoms with Crippen LogP contribution < -0.4 is 4.74 Å². The minimum Gasteiger partial charge on any atom is -0.493 e. The van der Waals surface area contributed by atoms with Gasteiger partial charge in [-0.25, -0.2) is 4.98 Å².